The van der Waals surface area contributed by atoms with Crippen LogP contribution in [0.2, 0.25) is 0 Å². The van der Waals surface area contributed by atoms with Crippen LogP contribution >= 0.6 is 0 Å². The first-order chi connectivity index (χ1) is 12.6. The molecule has 0 atom stereocenters. The van der Waals surface area contributed by atoms with Crippen LogP contribution in [0.4, 0.5) is 11.4 Å². The molecule has 0 unspecified atom stereocenters. The van der Waals surface area contributed by atoms with Crippen LogP contribution < -0.4 is 9.64 Å². The number of nitrogens with zero attached hydrogens (tertiary/aromatic N) is 2. The Hall–Kier alpha value is -3.28. The molecule has 3 aromatic rings. The molecule has 4 rings (SSSR count). The molecule has 0 saturated carbocycles. The zero-order valence-corrected chi connectivity index (χ0v) is 14.3. The smallest absolute Gasteiger partial charge is 0.271 e. The van der Waals surface area contributed by atoms with E-state index in [2.05, 4.69) is 4.90 Å². The van der Waals surface area contributed by atoms with Gasteiger partial charge in [0.05, 0.1) is 12.0 Å². The number of methoxy groups -OCH3 is 1. The molecule has 0 fully saturated rings. The summed E-state index contributed by atoms with van der Waals surface area (Å²) in [7, 11) is 1.61. The van der Waals surface area contributed by atoms with Gasteiger partial charge in [0.2, 0.25) is 0 Å². The average molecular weight is 350 g/mol. The van der Waals surface area contributed by atoms with Crippen molar-refractivity contribution in [2.75, 3.05) is 18.6 Å². The maximum atomic E-state index is 11.1. The maximum absolute atomic E-state index is 11.1. The predicted octanol–water partition coefficient (Wildman–Crippen LogP) is 4.02. The van der Waals surface area contributed by atoms with Crippen molar-refractivity contribution in [3.8, 4) is 11.5 Å². The lowest BCUT2D eigenvalue weighted by Gasteiger charge is -2.21. The third-order valence-corrected chi connectivity index (χ3v) is 4.94. The number of non-ortho nitro benzene ring substituents is 1. The van der Waals surface area contributed by atoms with E-state index in [0.29, 0.717) is 6.54 Å². The zero-order chi connectivity index (χ0) is 18.3. The molecule has 0 saturated heterocycles. The lowest BCUT2D eigenvalue weighted by Crippen LogP contribution is -2.20. The van der Waals surface area contributed by atoms with E-state index in [1.165, 1.54) is 0 Å². The molecule has 1 aliphatic heterocycles. The molecule has 1 aliphatic rings. The molecule has 0 radical (unpaired) electrons. The number of anilines is 1. The van der Waals surface area contributed by atoms with Crippen LogP contribution in [0.15, 0.2) is 48.5 Å². The van der Waals surface area contributed by atoms with Crippen LogP contribution in [0.1, 0.15) is 11.1 Å². The Morgan fingerprint density at radius 2 is 2.00 bits per heavy atom. The largest absolute Gasteiger partial charge is 0.508 e. The second kappa shape index (κ2) is 6.22. The third-order valence-electron chi connectivity index (χ3n) is 4.94. The molecular weight excluding hydrogens is 332 g/mol. The summed E-state index contributed by atoms with van der Waals surface area (Å²) in [4.78, 5) is 12.8. The third kappa shape index (κ3) is 2.69. The fourth-order valence-corrected chi connectivity index (χ4v) is 3.55. The monoisotopic (exact) mass is 350 g/mol. The van der Waals surface area contributed by atoms with Crippen molar-refractivity contribution in [2.45, 2.75) is 13.0 Å². The van der Waals surface area contributed by atoms with E-state index < -0.39 is 0 Å². The minimum Gasteiger partial charge on any atom is -0.508 e. The molecule has 1 N–H and O–H groups in total. The van der Waals surface area contributed by atoms with Crippen molar-refractivity contribution >= 4 is 22.1 Å². The van der Waals surface area contributed by atoms with E-state index in [4.69, 9.17) is 4.74 Å². The van der Waals surface area contributed by atoms with Crippen molar-refractivity contribution in [3.05, 3.63) is 69.8 Å². The number of phenolic OH excluding ortho intramolecular Hbond substituents is 1. The fraction of sp³-hybridized carbons (Fsp3) is 0.200. The van der Waals surface area contributed by atoms with Crippen LogP contribution in [-0.4, -0.2) is 23.7 Å². The summed E-state index contributed by atoms with van der Waals surface area (Å²) in [5.41, 5.74) is 2.83. The van der Waals surface area contributed by atoms with E-state index in [-0.39, 0.29) is 16.4 Å². The highest BCUT2D eigenvalue weighted by Crippen LogP contribution is 2.36. The van der Waals surface area contributed by atoms with Crippen molar-refractivity contribution in [3.63, 3.8) is 0 Å². The van der Waals surface area contributed by atoms with Gasteiger partial charge in [0.25, 0.3) is 5.69 Å². The highest BCUT2D eigenvalue weighted by Gasteiger charge is 2.23. The molecular formula is C20H18N2O4. The average Bonchev–Trinajstić information content (AvgIpc) is 3.05. The molecule has 26 heavy (non-hydrogen) atoms. The first-order valence-electron chi connectivity index (χ1n) is 8.37. The summed E-state index contributed by atoms with van der Waals surface area (Å²) in [5, 5.41) is 23.5. The topological polar surface area (TPSA) is 75.8 Å². The van der Waals surface area contributed by atoms with E-state index in [9.17, 15) is 15.2 Å². The van der Waals surface area contributed by atoms with Gasteiger partial charge in [0, 0.05) is 36.5 Å². The standard InChI is InChI=1S/C20H18N2O4/c1-26-16-6-3-13-4-7-20(23)18(17(13)11-16)12-21-9-8-14-2-5-15(22(24)25)10-19(14)21/h2-7,10-11,23H,8-9,12H2,1H3. The Morgan fingerprint density at radius 3 is 2.77 bits per heavy atom. The van der Waals surface area contributed by atoms with E-state index in [1.807, 2.05) is 30.3 Å². The molecule has 6 heteroatoms. The van der Waals surface area contributed by atoms with Gasteiger partial charge < -0.3 is 14.7 Å². The number of fused-ring (bicyclic) bond motifs is 2. The SMILES string of the molecule is COc1ccc2ccc(O)c(CN3CCc4ccc([N+](=O)[O-])cc43)c2c1. The molecule has 3 aromatic carbocycles. The molecule has 0 aliphatic carbocycles. The number of phenols is 1. The normalized spacial score (nSPS) is 13.0. The van der Waals surface area contributed by atoms with Gasteiger partial charge in [-0.15, -0.1) is 0 Å². The summed E-state index contributed by atoms with van der Waals surface area (Å²) in [6, 6.07) is 14.3. The molecule has 0 spiro atoms. The van der Waals surface area contributed by atoms with Crippen LogP contribution in [0.3, 0.4) is 0 Å². The van der Waals surface area contributed by atoms with Gasteiger partial charge in [-0.2, -0.15) is 0 Å². The number of hydrogen-bond acceptors (Lipinski definition) is 5. The van der Waals surface area contributed by atoms with Crippen molar-refractivity contribution in [1.29, 1.82) is 0 Å². The second-order valence-electron chi connectivity index (χ2n) is 6.39. The molecule has 1 heterocycles. The highest BCUT2D eigenvalue weighted by molar-refractivity contribution is 5.89. The van der Waals surface area contributed by atoms with Crippen LogP contribution in [0.5, 0.6) is 11.5 Å². The van der Waals surface area contributed by atoms with Crippen LogP contribution in [0, 0.1) is 10.1 Å². The molecule has 6 nitrogen and oxygen atoms in total. The van der Waals surface area contributed by atoms with Gasteiger partial charge in [0.1, 0.15) is 11.5 Å². The first-order valence-corrected chi connectivity index (χ1v) is 8.37. The van der Waals surface area contributed by atoms with E-state index in [1.54, 1.807) is 25.3 Å². The Morgan fingerprint density at radius 1 is 1.19 bits per heavy atom. The second-order valence-corrected chi connectivity index (χ2v) is 6.39. The minimum absolute atomic E-state index is 0.0828. The lowest BCUT2D eigenvalue weighted by molar-refractivity contribution is -0.384. The Labute approximate surface area is 150 Å². The zero-order valence-electron chi connectivity index (χ0n) is 14.3. The van der Waals surface area contributed by atoms with Crippen molar-refractivity contribution < 1.29 is 14.8 Å². The number of ether oxygens (including phenoxy) is 1. The number of hydrogen-bond donors (Lipinski definition) is 1. The highest BCUT2D eigenvalue weighted by atomic mass is 16.6. The van der Waals surface area contributed by atoms with Gasteiger partial charge >= 0.3 is 0 Å². The Kier molecular flexibility index (Phi) is 3.88. The van der Waals surface area contributed by atoms with Crippen LogP contribution in [-0.2, 0) is 13.0 Å². The number of benzene rings is 3. The summed E-state index contributed by atoms with van der Waals surface area (Å²) in [6.07, 6.45) is 0.835. The number of nitro groups is 1. The molecule has 132 valence electrons. The fourth-order valence-electron chi connectivity index (χ4n) is 3.55. The van der Waals surface area contributed by atoms with Crippen LogP contribution in [0.25, 0.3) is 10.8 Å². The molecule has 0 aromatic heterocycles. The maximum Gasteiger partial charge on any atom is 0.271 e. The van der Waals surface area contributed by atoms with Gasteiger partial charge in [0.15, 0.2) is 0 Å². The summed E-state index contributed by atoms with van der Waals surface area (Å²) in [5.74, 6) is 0.937. The van der Waals surface area contributed by atoms with Crippen molar-refractivity contribution in [1.82, 2.24) is 0 Å². The van der Waals surface area contributed by atoms with E-state index in [0.717, 1.165) is 46.3 Å². The Balaban J connectivity index is 1.76. The molecule has 0 bridgehead atoms. The predicted molar refractivity (Wildman–Crippen MR) is 100 cm³/mol. The first kappa shape index (κ1) is 16.2. The summed E-state index contributed by atoms with van der Waals surface area (Å²) >= 11 is 0. The van der Waals surface area contributed by atoms with Gasteiger partial charge in [-0.05, 0) is 41.0 Å². The van der Waals surface area contributed by atoms with Gasteiger partial charge in [-0.1, -0.05) is 18.2 Å². The van der Waals surface area contributed by atoms with E-state index >= 15 is 0 Å². The number of aromatic hydroxyl groups is 1. The summed E-state index contributed by atoms with van der Waals surface area (Å²) in [6.45, 7) is 1.24. The quantitative estimate of drug-likeness (QED) is 0.568. The van der Waals surface area contributed by atoms with Gasteiger partial charge in [-0.3, -0.25) is 10.1 Å². The number of rotatable bonds is 4. The van der Waals surface area contributed by atoms with Gasteiger partial charge in [-0.25, -0.2) is 0 Å². The number of nitro benzene ring substituents is 1. The summed E-state index contributed by atoms with van der Waals surface area (Å²) < 4.78 is 5.32. The lowest BCUT2D eigenvalue weighted by atomic mass is 10.0. The van der Waals surface area contributed by atoms with Crippen molar-refractivity contribution in [2.24, 2.45) is 0 Å². The molecule has 0 amide bonds. The Bertz CT molecular complexity index is 1020. The minimum atomic E-state index is -0.378.